The minimum Gasteiger partial charge on any atom is -0.368 e. The average Bonchev–Trinajstić information content (AvgIpc) is 3.53. The Labute approximate surface area is 182 Å². The van der Waals surface area contributed by atoms with Gasteiger partial charge in [0.15, 0.2) is 11.5 Å². The first kappa shape index (κ1) is 18.6. The van der Waals surface area contributed by atoms with E-state index in [9.17, 15) is 4.79 Å². The van der Waals surface area contributed by atoms with Crippen molar-refractivity contribution in [2.24, 2.45) is 0 Å². The first-order valence-electron chi connectivity index (χ1n) is 10.5. The third kappa shape index (κ3) is 2.55. The molecule has 5 aromatic rings. The number of nitrogen functional groups attached to an aromatic ring is 1. The highest BCUT2D eigenvalue weighted by atomic mass is 16.1. The molecule has 0 spiro atoms. The van der Waals surface area contributed by atoms with Gasteiger partial charge in [-0.1, -0.05) is 18.2 Å². The number of aromatic amines is 1. The van der Waals surface area contributed by atoms with E-state index in [0.717, 1.165) is 30.5 Å². The highest BCUT2D eigenvalue weighted by molar-refractivity contribution is 5.88. The second kappa shape index (κ2) is 6.64. The SMILES string of the molecule is C[C@@]1(c2nn3cccc3c(=O)n2-c2ccccc2)CCCN1c1nc(N)nc2[nH]ncc12. The number of hydrogen-bond donors (Lipinski definition) is 2. The minimum absolute atomic E-state index is 0.116. The van der Waals surface area contributed by atoms with E-state index in [-0.39, 0.29) is 11.5 Å². The molecule has 160 valence electrons. The maximum absolute atomic E-state index is 13.6. The van der Waals surface area contributed by atoms with Crippen molar-refractivity contribution < 1.29 is 0 Å². The molecule has 5 heterocycles. The van der Waals surface area contributed by atoms with E-state index in [1.165, 1.54) is 0 Å². The van der Waals surface area contributed by atoms with Gasteiger partial charge in [-0.15, -0.1) is 0 Å². The Bertz CT molecular complexity index is 1520. The number of benzene rings is 1. The second-order valence-electron chi connectivity index (χ2n) is 8.20. The lowest BCUT2D eigenvalue weighted by atomic mass is 9.96. The lowest BCUT2D eigenvalue weighted by molar-refractivity contribution is 0.433. The van der Waals surface area contributed by atoms with Crippen molar-refractivity contribution in [1.29, 1.82) is 0 Å². The molecule has 1 atom stereocenters. The van der Waals surface area contributed by atoms with Crippen molar-refractivity contribution in [2.45, 2.75) is 25.3 Å². The van der Waals surface area contributed by atoms with E-state index in [0.29, 0.717) is 22.8 Å². The van der Waals surface area contributed by atoms with Gasteiger partial charge in [0, 0.05) is 12.7 Å². The molecular formula is C22H21N9O. The topological polar surface area (TPSA) is 123 Å². The van der Waals surface area contributed by atoms with Gasteiger partial charge in [0.1, 0.15) is 11.3 Å². The first-order valence-corrected chi connectivity index (χ1v) is 10.5. The monoisotopic (exact) mass is 427 g/mol. The number of nitrogens with one attached hydrogen (secondary N) is 1. The van der Waals surface area contributed by atoms with E-state index in [2.05, 4.69) is 32.0 Å². The van der Waals surface area contributed by atoms with Crippen molar-refractivity contribution in [2.75, 3.05) is 17.2 Å². The van der Waals surface area contributed by atoms with Crippen LogP contribution in [0, 0.1) is 0 Å². The van der Waals surface area contributed by atoms with Gasteiger partial charge in [0.05, 0.1) is 22.8 Å². The molecule has 0 unspecified atom stereocenters. The lowest BCUT2D eigenvalue weighted by Gasteiger charge is -2.37. The van der Waals surface area contributed by atoms with E-state index < -0.39 is 5.54 Å². The number of nitrogens with two attached hydrogens (primary N) is 1. The third-order valence-corrected chi connectivity index (χ3v) is 6.26. The Morgan fingerprint density at radius 2 is 1.97 bits per heavy atom. The number of H-pyrrole nitrogens is 1. The predicted molar refractivity (Wildman–Crippen MR) is 121 cm³/mol. The number of nitrogens with zero attached hydrogens (tertiary/aromatic N) is 7. The fraction of sp³-hybridized carbons (Fsp3) is 0.227. The number of fused-ring (bicyclic) bond motifs is 2. The van der Waals surface area contributed by atoms with Crippen molar-refractivity contribution in [1.82, 2.24) is 34.3 Å². The third-order valence-electron chi connectivity index (χ3n) is 6.26. The van der Waals surface area contributed by atoms with Crippen molar-refractivity contribution in [3.8, 4) is 5.69 Å². The number of aromatic nitrogens is 7. The van der Waals surface area contributed by atoms with Gasteiger partial charge >= 0.3 is 0 Å². The molecule has 0 radical (unpaired) electrons. The van der Waals surface area contributed by atoms with Gasteiger partial charge in [0.25, 0.3) is 5.56 Å². The van der Waals surface area contributed by atoms with Gasteiger partial charge in [0.2, 0.25) is 5.95 Å². The summed E-state index contributed by atoms with van der Waals surface area (Å²) in [5.41, 5.74) is 7.16. The Hall–Kier alpha value is -4.21. The molecule has 32 heavy (non-hydrogen) atoms. The van der Waals surface area contributed by atoms with Crippen LogP contribution in [0.5, 0.6) is 0 Å². The standard InChI is InChI=1S/C22H21N9O/c1-22(10-6-11-29(22)18-15-13-24-27-17(15)25-21(23)26-18)20-28-30-12-5-9-16(30)19(32)31(20)14-7-3-2-4-8-14/h2-5,7-9,12-13H,6,10-11H2,1H3,(H3,23,24,25,26,27)/t22-/m0/s1. The summed E-state index contributed by atoms with van der Waals surface area (Å²) in [5, 5.41) is 12.7. The summed E-state index contributed by atoms with van der Waals surface area (Å²) in [7, 11) is 0. The Morgan fingerprint density at radius 1 is 1.12 bits per heavy atom. The van der Waals surface area contributed by atoms with Crippen molar-refractivity contribution >= 4 is 28.3 Å². The van der Waals surface area contributed by atoms with Crippen LogP contribution in [0.25, 0.3) is 22.2 Å². The van der Waals surface area contributed by atoms with Gasteiger partial charge in [-0.05, 0) is 44.0 Å². The van der Waals surface area contributed by atoms with Crippen LogP contribution in [0.2, 0.25) is 0 Å². The van der Waals surface area contributed by atoms with Crippen LogP contribution >= 0.6 is 0 Å². The van der Waals surface area contributed by atoms with Gasteiger partial charge < -0.3 is 10.6 Å². The number of hydrogen-bond acceptors (Lipinski definition) is 7. The molecule has 6 rings (SSSR count). The first-order chi connectivity index (χ1) is 15.6. The smallest absolute Gasteiger partial charge is 0.282 e. The van der Waals surface area contributed by atoms with Crippen LogP contribution < -0.4 is 16.2 Å². The molecule has 1 aliphatic heterocycles. The van der Waals surface area contributed by atoms with Gasteiger partial charge in [-0.25, -0.2) is 4.52 Å². The van der Waals surface area contributed by atoms with Crippen LogP contribution in [0.4, 0.5) is 11.8 Å². The molecule has 10 nitrogen and oxygen atoms in total. The average molecular weight is 427 g/mol. The molecule has 3 N–H and O–H groups in total. The highest BCUT2D eigenvalue weighted by Gasteiger charge is 2.44. The lowest BCUT2D eigenvalue weighted by Crippen LogP contribution is -2.45. The molecular weight excluding hydrogens is 406 g/mol. The van der Waals surface area contributed by atoms with E-state index in [1.807, 2.05) is 36.4 Å². The minimum atomic E-state index is -0.613. The van der Waals surface area contributed by atoms with Crippen LogP contribution in [-0.2, 0) is 5.54 Å². The second-order valence-corrected chi connectivity index (χ2v) is 8.20. The Kier molecular flexibility index (Phi) is 3.85. The van der Waals surface area contributed by atoms with E-state index >= 15 is 0 Å². The van der Waals surface area contributed by atoms with Crippen LogP contribution in [0.3, 0.4) is 0 Å². The molecule has 0 saturated carbocycles. The van der Waals surface area contributed by atoms with Crippen LogP contribution in [0.1, 0.15) is 25.6 Å². The van der Waals surface area contributed by atoms with E-state index in [4.69, 9.17) is 10.8 Å². The Balaban J connectivity index is 1.64. The van der Waals surface area contributed by atoms with Gasteiger partial charge in [-0.3, -0.25) is 14.5 Å². The number of anilines is 2. The molecule has 1 fully saturated rings. The van der Waals surface area contributed by atoms with Crippen molar-refractivity contribution in [3.05, 3.63) is 71.0 Å². The fourth-order valence-corrected chi connectivity index (χ4v) is 4.73. The molecule has 0 amide bonds. The highest BCUT2D eigenvalue weighted by Crippen LogP contribution is 2.42. The summed E-state index contributed by atoms with van der Waals surface area (Å²) in [6, 6.07) is 13.2. The zero-order valence-corrected chi connectivity index (χ0v) is 17.4. The maximum atomic E-state index is 13.6. The van der Waals surface area contributed by atoms with Crippen molar-refractivity contribution in [3.63, 3.8) is 0 Å². The quantitative estimate of drug-likeness (QED) is 0.453. The molecule has 4 aromatic heterocycles. The molecule has 0 aliphatic carbocycles. The largest absolute Gasteiger partial charge is 0.368 e. The normalized spacial score (nSPS) is 18.7. The molecule has 10 heteroatoms. The zero-order chi connectivity index (χ0) is 21.9. The summed E-state index contributed by atoms with van der Waals surface area (Å²) in [6.45, 7) is 2.84. The number of para-hydroxylation sites is 1. The summed E-state index contributed by atoms with van der Waals surface area (Å²) >= 11 is 0. The van der Waals surface area contributed by atoms with Crippen LogP contribution in [-0.4, -0.2) is 40.9 Å². The summed E-state index contributed by atoms with van der Waals surface area (Å²) < 4.78 is 3.37. The van der Waals surface area contributed by atoms with E-state index in [1.54, 1.807) is 27.5 Å². The summed E-state index contributed by atoms with van der Waals surface area (Å²) in [4.78, 5) is 24.6. The molecule has 1 aromatic carbocycles. The molecule has 0 bridgehead atoms. The molecule has 1 aliphatic rings. The summed E-state index contributed by atoms with van der Waals surface area (Å²) in [6.07, 6.45) is 5.21. The van der Waals surface area contributed by atoms with Crippen LogP contribution in [0.15, 0.2) is 59.7 Å². The number of rotatable bonds is 3. The molecule has 1 saturated heterocycles. The zero-order valence-electron chi connectivity index (χ0n) is 17.4. The fourth-order valence-electron chi connectivity index (χ4n) is 4.73. The predicted octanol–water partition coefficient (Wildman–Crippen LogP) is 2.25. The Morgan fingerprint density at radius 3 is 2.81 bits per heavy atom. The van der Waals surface area contributed by atoms with Gasteiger partial charge in [-0.2, -0.15) is 20.2 Å². The maximum Gasteiger partial charge on any atom is 0.282 e. The summed E-state index contributed by atoms with van der Waals surface area (Å²) in [5.74, 6) is 1.49.